The van der Waals surface area contributed by atoms with Gasteiger partial charge in [0.05, 0.1) is 18.4 Å². The fourth-order valence-electron chi connectivity index (χ4n) is 4.68. The van der Waals surface area contributed by atoms with E-state index >= 15 is 0 Å². The van der Waals surface area contributed by atoms with Gasteiger partial charge in [-0.15, -0.1) is 10.2 Å². The lowest BCUT2D eigenvalue weighted by Crippen LogP contribution is -2.25. The Kier molecular flexibility index (Phi) is 7.36. The van der Waals surface area contributed by atoms with Crippen LogP contribution in [0, 0.1) is 0 Å². The molecule has 6 rings (SSSR count). The Hall–Kier alpha value is -3.70. The molecule has 0 atom stereocenters. The summed E-state index contributed by atoms with van der Waals surface area (Å²) in [6, 6.07) is 14.3. The van der Waals surface area contributed by atoms with Crippen molar-refractivity contribution in [2.24, 2.45) is 7.05 Å². The van der Waals surface area contributed by atoms with Crippen molar-refractivity contribution in [2.75, 3.05) is 32.0 Å². The van der Waals surface area contributed by atoms with Gasteiger partial charge in [-0.1, -0.05) is 30.0 Å². The molecule has 0 spiro atoms. The average Bonchev–Trinajstić information content (AvgIpc) is 3.73. The van der Waals surface area contributed by atoms with Crippen LogP contribution < -0.4 is 4.74 Å². The molecular weight excluding hydrogens is 498 g/mol. The van der Waals surface area contributed by atoms with E-state index in [1.165, 1.54) is 25.9 Å². The summed E-state index contributed by atoms with van der Waals surface area (Å²) in [5, 5.41) is 18.3. The highest BCUT2D eigenvalue weighted by Gasteiger charge is 2.13. The van der Waals surface area contributed by atoms with Crippen molar-refractivity contribution < 1.29 is 4.74 Å². The molecule has 5 aromatic rings. The minimum absolute atomic E-state index is 0.660. The quantitative estimate of drug-likeness (QED) is 0.240. The lowest BCUT2D eigenvalue weighted by Gasteiger charge is -2.14. The maximum atomic E-state index is 5.94. The Morgan fingerprint density at radius 2 is 1.89 bits per heavy atom. The van der Waals surface area contributed by atoms with Crippen LogP contribution in [0.5, 0.6) is 5.75 Å². The first-order chi connectivity index (χ1) is 18.7. The SMILES string of the molecule is Cn1cnnc1SCCn1cc(-c2cccc3nc(Cc4ccc(OCCN5CCCC5)cc4)nn23)cn1. The first-order valence-corrected chi connectivity index (χ1v) is 14.0. The summed E-state index contributed by atoms with van der Waals surface area (Å²) in [6.07, 6.45) is 8.92. The highest BCUT2D eigenvalue weighted by Crippen LogP contribution is 2.21. The number of nitrogens with zero attached hydrogens (tertiary/aromatic N) is 9. The predicted octanol–water partition coefficient (Wildman–Crippen LogP) is 3.58. The normalized spacial score (nSPS) is 14.0. The number of hydrogen-bond donors (Lipinski definition) is 0. The second-order valence-corrected chi connectivity index (χ2v) is 10.6. The first-order valence-electron chi connectivity index (χ1n) is 13.0. The van der Waals surface area contributed by atoms with Crippen molar-refractivity contribution in [1.29, 1.82) is 0 Å². The summed E-state index contributed by atoms with van der Waals surface area (Å²) in [4.78, 5) is 7.23. The van der Waals surface area contributed by atoms with Crippen molar-refractivity contribution >= 4 is 17.4 Å². The number of fused-ring (bicyclic) bond motifs is 1. The van der Waals surface area contributed by atoms with Crippen LogP contribution in [0.1, 0.15) is 24.2 Å². The van der Waals surface area contributed by atoms with Gasteiger partial charge in [0.2, 0.25) is 0 Å². The Morgan fingerprint density at radius 3 is 2.71 bits per heavy atom. The number of likely N-dealkylation sites (tertiary alicyclic amines) is 1. The minimum atomic E-state index is 0.660. The van der Waals surface area contributed by atoms with E-state index in [2.05, 4.69) is 44.6 Å². The van der Waals surface area contributed by atoms with Crippen molar-refractivity contribution in [3.63, 3.8) is 0 Å². The zero-order valence-electron chi connectivity index (χ0n) is 21.5. The van der Waals surface area contributed by atoms with Crippen molar-refractivity contribution in [3.8, 4) is 17.0 Å². The number of pyridine rings is 1. The van der Waals surface area contributed by atoms with E-state index in [0.717, 1.165) is 64.6 Å². The van der Waals surface area contributed by atoms with Crippen molar-refractivity contribution in [3.05, 3.63) is 72.6 Å². The molecule has 4 aromatic heterocycles. The fourth-order valence-corrected chi connectivity index (χ4v) is 5.50. The van der Waals surface area contributed by atoms with Crippen molar-refractivity contribution in [1.82, 2.24) is 44.0 Å². The largest absolute Gasteiger partial charge is 0.492 e. The zero-order chi connectivity index (χ0) is 25.7. The molecule has 1 fully saturated rings. The van der Waals surface area contributed by atoms with E-state index in [9.17, 15) is 0 Å². The monoisotopic (exact) mass is 529 g/mol. The van der Waals surface area contributed by atoms with E-state index in [4.69, 9.17) is 14.8 Å². The van der Waals surface area contributed by atoms with Gasteiger partial charge in [0, 0.05) is 37.5 Å². The zero-order valence-corrected chi connectivity index (χ0v) is 22.3. The van der Waals surface area contributed by atoms with Gasteiger partial charge in [-0.05, 0) is 55.8 Å². The molecular formula is C27H31N9OS. The first kappa shape index (κ1) is 24.6. The number of hydrogen-bond acceptors (Lipinski definition) is 8. The third-order valence-corrected chi connectivity index (χ3v) is 7.73. The number of ether oxygens (including phenoxy) is 1. The molecule has 1 aliphatic rings. The van der Waals surface area contributed by atoms with Gasteiger partial charge in [0.15, 0.2) is 16.6 Å². The van der Waals surface area contributed by atoms with Gasteiger partial charge in [-0.2, -0.15) is 10.2 Å². The molecule has 38 heavy (non-hydrogen) atoms. The van der Waals surface area contributed by atoms with Crippen LogP contribution in [-0.2, 0) is 20.0 Å². The third-order valence-electron chi connectivity index (χ3n) is 6.71. The molecule has 0 saturated carbocycles. The Labute approximate surface area is 225 Å². The standard InChI is InChI=1S/C27H31N9OS/c1-33-20-28-31-27(33)38-16-14-35-19-22(18-29-35)24-5-4-6-26-30-25(32-36(24)26)17-21-7-9-23(10-8-21)37-15-13-34-11-2-3-12-34/h4-10,18-20H,2-3,11-17H2,1H3. The van der Waals surface area contributed by atoms with E-state index in [0.29, 0.717) is 6.42 Å². The molecule has 11 heteroatoms. The van der Waals surface area contributed by atoms with Gasteiger partial charge in [0.1, 0.15) is 18.7 Å². The summed E-state index contributed by atoms with van der Waals surface area (Å²) in [7, 11) is 1.95. The molecule has 0 bridgehead atoms. The topological polar surface area (TPSA) is 91.2 Å². The van der Waals surface area contributed by atoms with Crippen LogP contribution in [-0.4, -0.2) is 76.0 Å². The van der Waals surface area contributed by atoms with Crippen LogP contribution >= 0.6 is 11.8 Å². The van der Waals surface area contributed by atoms with E-state index in [1.807, 2.05) is 51.3 Å². The Morgan fingerprint density at radius 1 is 1.03 bits per heavy atom. The van der Waals surface area contributed by atoms with Crippen LogP contribution in [0.4, 0.5) is 0 Å². The highest BCUT2D eigenvalue weighted by molar-refractivity contribution is 7.99. The van der Waals surface area contributed by atoms with Gasteiger partial charge in [-0.3, -0.25) is 9.58 Å². The summed E-state index contributed by atoms with van der Waals surface area (Å²) < 4.78 is 11.7. The number of rotatable bonds is 11. The Balaban J connectivity index is 1.08. The van der Waals surface area contributed by atoms with E-state index in [-0.39, 0.29) is 0 Å². The van der Waals surface area contributed by atoms with Gasteiger partial charge >= 0.3 is 0 Å². The summed E-state index contributed by atoms with van der Waals surface area (Å²) >= 11 is 1.66. The second-order valence-electron chi connectivity index (χ2n) is 9.49. The van der Waals surface area contributed by atoms with E-state index in [1.54, 1.807) is 18.1 Å². The minimum Gasteiger partial charge on any atom is -0.492 e. The number of benzene rings is 1. The Bertz CT molecular complexity index is 1480. The van der Waals surface area contributed by atoms with Crippen LogP contribution in [0.15, 0.2) is 66.3 Å². The number of aryl methyl sites for hydroxylation is 2. The third kappa shape index (κ3) is 5.73. The molecule has 0 aliphatic carbocycles. The molecule has 1 aromatic carbocycles. The molecule has 0 unspecified atom stereocenters. The lowest BCUT2D eigenvalue weighted by molar-refractivity contribution is 0.238. The number of aromatic nitrogens is 8. The fraction of sp³-hybridized carbons (Fsp3) is 0.370. The molecule has 0 radical (unpaired) electrons. The maximum Gasteiger partial charge on any atom is 0.190 e. The van der Waals surface area contributed by atoms with E-state index < -0.39 is 0 Å². The van der Waals surface area contributed by atoms with Gasteiger partial charge < -0.3 is 9.30 Å². The molecule has 5 heterocycles. The lowest BCUT2D eigenvalue weighted by atomic mass is 10.1. The number of thioether (sulfide) groups is 1. The molecule has 1 aliphatic heterocycles. The second kappa shape index (κ2) is 11.4. The summed E-state index contributed by atoms with van der Waals surface area (Å²) in [6.45, 7) is 4.89. The molecule has 10 nitrogen and oxygen atoms in total. The van der Waals surface area contributed by atoms with Crippen LogP contribution in [0.2, 0.25) is 0 Å². The molecule has 196 valence electrons. The van der Waals surface area contributed by atoms with Gasteiger partial charge in [0.25, 0.3) is 0 Å². The average molecular weight is 530 g/mol. The molecule has 0 N–H and O–H groups in total. The highest BCUT2D eigenvalue weighted by atomic mass is 32.2. The van der Waals surface area contributed by atoms with Crippen LogP contribution in [0.3, 0.4) is 0 Å². The summed E-state index contributed by atoms with van der Waals surface area (Å²) in [5.74, 6) is 2.55. The van der Waals surface area contributed by atoms with Gasteiger partial charge in [-0.25, -0.2) is 9.50 Å². The predicted molar refractivity (Wildman–Crippen MR) is 146 cm³/mol. The molecule has 1 saturated heterocycles. The van der Waals surface area contributed by atoms with Crippen LogP contribution in [0.25, 0.3) is 16.9 Å². The smallest absolute Gasteiger partial charge is 0.190 e. The molecule has 0 amide bonds. The van der Waals surface area contributed by atoms with Crippen molar-refractivity contribution in [2.45, 2.75) is 31.0 Å². The summed E-state index contributed by atoms with van der Waals surface area (Å²) in [5.41, 5.74) is 3.95. The maximum absolute atomic E-state index is 5.94.